The quantitative estimate of drug-likeness (QED) is 0.556. The second kappa shape index (κ2) is 10.6. The summed E-state index contributed by atoms with van der Waals surface area (Å²) in [4.78, 5) is 27.3. The molecule has 0 aliphatic rings. The number of hydrogen-bond donors (Lipinski definition) is 2. The van der Waals surface area contributed by atoms with Crippen LogP contribution in [0.4, 0.5) is 0 Å². The molecular weight excluding hydrogens is 434 g/mol. The molecule has 2 N–H and O–H groups in total. The third-order valence-electron chi connectivity index (χ3n) is 4.57. The number of nitrogens with zero attached hydrogens (tertiary/aromatic N) is 1. The summed E-state index contributed by atoms with van der Waals surface area (Å²) < 4.78 is 37.9. The first-order valence-corrected chi connectivity index (χ1v) is 11.7. The maximum Gasteiger partial charge on any atom is 0.243 e. The summed E-state index contributed by atoms with van der Waals surface area (Å²) in [6.45, 7) is 6.86. The Labute approximate surface area is 189 Å². The summed E-state index contributed by atoms with van der Waals surface area (Å²) in [5.74, 6) is 0.131. The van der Waals surface area contributed by atoms with Gasteiger partial charge in [-0.05, 0) is 63.6 Å². The van der Waals surface area contributed by atoms with E-state index in [1.54, 1.807) is 19.1 Å². The molecule has 2 aromatic rings. The molecule has 2 amide bonds. The minimum absolute atomic E-state index is 0.00111. The first-order valence-electron chi connectivity index (χ1n) is 10.2. The van der Waals surface area contributed by atoms with Crippen LogP contribution in [-0.2, 0) is 26.2 Å². The van der Waals surface area contributed by atoms with Crippen molar-refractivity contribution in [3.05, 3.63) is 48.4 Å². The Kier molecular flexibility index (Phi) is 8.45. The third kappa shape index (κ3) is 7.10. The van der Waals surface area contributed by atoms with Crippen LogP contribution in [-0.4, -0.2) is 50.4 Å². The molecule has 32 heavy (non-hydrogen) atoms. The number of amides is 2. The number of benzene rings is 1. The predicted molar refractivity (Wildman–Crippen MR) is 119 cm³/mol. The van der Waals surface area contributed by atoms with Gasteiger partial charge >= 0.3 is 0 Å². The minimum atomic E-state index is -3.93. The lowest BCUT2D eigenvalue weighted by Crippen LogP contribution is -2.54. The number of nitrogens with one attached hydrogen (secondary N) is 2. The fourth-order valence-electron chi connectivity index (χ4n) is 3.04. The maximum atomic E-state index is 13.1. The molecule has 1 heterocycles. The number of sulfonamides is 1. The van der Waals surface area contributed by atoms with Crippen LogP contribution in [0, 0.1) is 0 Å². The van der Waals surface area contributed by atoms with Crippen molar-refractivity contribution < 1.29 is 27.2 Å². The molecule has 0 aliphatic heterocycles. The normalized spacial score (nSPS) is 12.8. The van der Waals surface area contributed by atoms with Gasteiger partial charge in [0.15, 0.2) is 0 Å². The van der Waals surface area contributed by atoms with Crippen LogP contribution in [0.25, 0.3) is 0 Å². The highest BCUT2D eigenvalue weighted by molar-refractivity contribution is 7.89. The van der Waals surface area contributed by atoms with Crippen molar-refractivity contribution >= 4 is 21.8 Å². The fourth-order valence-corrected chi connectivity index (χ4v) is 4.01. The van der Waals surface area contributed by atoms with E-state index in [4.69, 9.17) is 9.15 Å². The number of ether oxygens (including phenoxy) is 1. The van der Waals surface area contributed by atoms with Crippen molar-refractivity contribution in [2.45, 2.75) is 57.1 Å². The molecule has 0 radical (unpaired) electrons. The Hall–Kier alpha value is -2.85. The molecule has 2 rings (SSSR count). The monoisotopic (exact) mass is 465 g/mol. The maximum absolute atomic E-state index is 13.1. The van der Waals surface area contributed by atoms with E-state index in [0.29, 0.717) is 17.9 Å². The molecule has 9 nitrogen and oxygen atoms in total. The van der Waals surface area contributed by atoms with Crippen LogP contribution in [0.5, 0.6) is 5.75 Å². The smallest absolute Gasteiger partial charge is 0.243 e. The molecule has 1 aromatic carbocycles. The van der Waals surface area contributed by atoms with Gasteiger partial charge in [-0.3, -0.25) is 9.59 Å². The largest absolute Gasteiger partial charge is 0.497 e. The van der Waals surface area contributed by atoms with E-state index >= 15 is 0 Å². The van der Waals surface area contributed by atoms with Gasteiger partial charge < -0.3 is 19.4 Å². The highest BCUT2D eigenvalue weighted by Gasteiger charge is 2.31. The first kappa shape index (κ1) is 25.4. The summed E-state index contributed by atoms with van der Waals surface area (Å²) in [5, 5.41) is 2.88. The Bertz CT molecular complexity index is 995. The van der Waals surface area contributed by atoms with E-state index < -0.39 is 34.1 Å². The third-order valence-corrected chi connectivity index (χ3v) is 5.99. The van der Waals surface area contributed by atoms with Gasteiger partial charge in [0.25, 0.3) is 0 Å². The highest BCUT2D eigenvalue weighted by Crippen LogP contribution is 2.17. The van der Waals surface area contributed by atoms with Crippen molar-refractivity contribution in [1.29, 1.82) is 0 Å². The highest BCUT2D eigenvalue weighted by atomic mass is 32.2. The molecule has 0 spiro atoms. The van der Waals surface area contributed by atoms with Crippen LogP contribution in [0.2, 0.25) is 0 Å². The van der Waals surface area contributed by atoms with Gasteiger partial charge in [0, 0.05) is 5.54 Å². The Morgan fingerprint density at radius 2 is 1.81 bits per heavy atom. The van der Waals surface area contributed by atoms with E-state index in [0.717, 1.165) is 0 Å². The Morgan fingerprint density at radius 1 is 1.16 bits per heavy atom. The summed E-state index contributed by atoms with van der Waals surface area (Å²) >= 11 is 0. The van der Waals surface area contributed by atoms with Gasteiger partial charge in [-0.2, -0.15) is 0 Å². The van der Waals surface area contributed by atoms with Gasteiger partial charge in [0.05, 0.1) is 31.4 Å². The van der Waals surface area contributed by atoms with Crippen LogP contribution in [0.3, 0.4) is 0 Å². The SMILES string of the molecule is CC[C@@H](C(=O)NC(C)(C)C)N(Cc1ccco1)C(=O)CNS(=O)(=O)c1ccc(OC)cc1. The predicted octanol–water partition coefficient (Wildman–Crippen LogP) is 2.29. The van der Waals surface area contributed by atoms with Gasteiger partial charge in [-0.1, -0.05) is 6.92 Å². The van der Waals surface area contributed by atoms with E-state index in [1.807, 2.05) is 20.8 Å². The van der Waals surface area contributed by atoms with Gasteiger partial charge in [-0.25, -0.2) is 13.1 Å². The van der Waals surface area contributed by atoms with Crippen molar-refractivity contribution in [2.75, 3.05) is 13.7 Å². The zero-order valence-electron chi connectivity index (χ0n) is 19.0. The average molecular weight is 466 g/mol. The summed E-state index contributed by atoms with van der Waals surface area (Å²) in [6, 6.07) is 8.39. The zero-order chi connectivity index (χ0) is 23.9. The topological polar surface area (TPSA) is 118 Å². The molecule has 1 atom stereocenters. The number of rotatable bonds is 10. The van der Waals surface area contributed by atoms with Crippen molar-refractivity contribution in [3.63, 3.8) is 0 Å². The van der Waals surface area contributed by atoms with Gasteiger partial charge in [-0.15, -0.1) is 0 Å². The van der Waals surface area contributed by atoms with E-state index in [1.165, 1.54) is 42.5 Å². The number of methoxy groups -OCH3 is 1. The summed E-state index contributed by atoms with van der Waals surface area (Å²) in [6.07, 6.45) is 1.82. The van der Waals surface area contributed by atoms with Crippen LogP contribution in [0.1, 0.15) is 39.9 Å². The van der Waals surface area contributed by atoms with Crippen LogP contribution in [0.15, 0.2) is 52.0 Å². The molecule has 0 saturated heterocycles. The van der Waals surface area contributed by atoms with E-state index in [2.05, 4.69) is 10.0 Å². The average Bonchev–Trinajstić information content (AvgIpc) is 3.24. The summed E-state index contributed by atoms with van der Waals surface area (Å²) in [5.41, 5.74) is -0.486. The molecule has 0 bridgehead atoms. The van der Waals surface area contributed by atoms with Gasteiger partial charge in [0.2, 0.25) is 21.8 Å². The molecule has 0 unspecified atom stereocenters. The van der Waals surface area contributed by atoms with Crippen LogP contribution >= 0.6 is 0 Å². The van der Waals surface area contributed by atoms with E-state index in [9.17, 15) is 18.0 Å². The van der Waals surface area contributed by atoms with Crippen molar-refractivity contribution in [1.82, 2.24) is 14.9 Å². The molecule has 0 saturated carbocycles. The number of furan rings is 1. The van der Waals surface area contributed by atoms with Gasteiger partial charge in [0.1, 0.15) is 17.6 Å². The lowest BCUT2D eigenvalue weighted by molar-refractivity contribution is -0.141. The number of carbonyl (C=O) groups excluding carboxylic acids is 2. The fraction of sp³-hybridized carbons (Fsp3) is 0.455. The van der Waals surface area contributed by atoms with Crippen LogP contribution < -0.4 is 14.8 Å². The standard InChI is InChI=1S/C22H31N3O6S/c1-6-19(21(27)24-22(2,3)4)25(15-17-8-7-13-31-17)20(26)14-23-32(28,29)18-11-9-16(30-5)10-12-18/h7-13,19,23H,6,14-15H2,1-5H3,(H,24,27)/t19-/m0/s1. The zero-order valence-corrected chi connectivity index (χ0v) is 19.9. The molecule has 176 valence electrons. The lowest BCUT2D eigenvalue weighted by Gasteiger charge is -2.32. The Morgan fingerprint density at radius 3 is 2.31 bits per heavy atom. The Balaban J connectivity index is 2.20. The molecule has 10 heteroatoms. The second-order valence-electron chi connectivity index (χ2n) is 8.26. The van der Waals surface area contributed by atoms with Crippen molar-refractivity contribution in [2.24, 2.45) is 0 Å². The summed E-state index contributed by atoms with van der Waals surface area (Å²) in [7, 11) is -2.45. The molecule has 0 fully saturated rings. The number of hydrogen-bond acceptors (Lipinski definition) is 6. The molecule has 1 aromatic heterocycles. The minimum Gasteiger partial charge on any atom is -0.497 e. The first-order chi connectivity index (χ1) is 15.0. The molecular formula is C22H31N3O6S. The van der Waals surface area contributed by atoms with E-state index in [-0.39, 0.29) is 17.3 Å². The molecule has 0 aliphatic carbocycles. The number of carbonyl (C=O) groups is 2. The second-order valence-corrected chi connectivity index (χ2v) is 10.0. The lowest BCUT2D eigenvalue weighted by atomic mass is 10.1. The van der Waals surface area contributed by atoms with Crippen molar-refractivity contribution in [3.8, 4) is 5.75 Å².